The summed E-state index contributed by atoms with van der Waals surface area (Å²) >= 11 is 3.13. The predicted molar refractivity (Wildman–Crippen MR) is 107 cm³/mol. The lowest BCUT2D eigenvalue weighted by Crippen LogP contribution is -2.30. The van der Waals surface area contributed by atoms with Crippen LogP contribution in [0.2, 0.25) is 0 Å². The third-order valence-electron chi connectivity index (χ3n) is 4.45. The average Bonchev–Trinajstić information content (AvgIpc) is 3.38. The molecule has 7 heteroatoms. The Bertz CT molecular complexity index is 869. The third kappa shape index (κ3) is 3.94. The van der Waals surface area contributed by atoms with E-state index in [0.29, 0.717) is 12.2 Å². The highest BCUT2D eigenvalue weighted by atomic mass is 32.1. The van der Waals surface area contributed by atoms with E-state index >= 15 is 0 Å². The van der Waals surface area contributed by atoms with Crippen molar-refractivity contribution in [1.29, 1.82) is 0 Å². The Kier molecular flexibility index (Phi) is 5.26. The number of carbonyl (C=O) groups is 1. The van der Waals surface area contributed by atoms with Gasteiger partial charge in [0.25, 0.3) is 5.91 Å². The maximum Gasteiger partial charge on any atom is 0.271 e. The Labute approximate surface area is 160 Å². The Balaban J connectivity index is 1.38. The van der Waals surface area contributed by atoms with Crippen LogP contribution < -0.4 is 10.2 Å². The second-order valence-electron chi connectivity index (χ2n) is 6.30. The molecule has 0 radical (unpaired) electrons. The number of rotatable bonds is 5. The lowest BCUT2D eigenvalue weighted by Gasteiger charge is -2.27. The van der Waals surface area contributed by atoms with Gasteiger partial charge in [-0.1, -0.05) is 0 Å². The Morgan fingerprint density at radius 2 is 2.08 bits per heavy atom. The van der Waals surface area contributed by atoms with E-state index in [9.17, 15) is 4.79 Å². The molecule has 0 aromatic carbocycles. The molecule has 1 aliphatic heterocycles. The summed E-state index contributed by atoms with van der Waals surface area (Å²) in [5.74, 6) is 0.865. The number of nitrogens with zero attached hydrogens (tertiary/aromatic N) is 3. The maximum absolute atomic E-state index is 12.4. The van der Waals surface area contributed by atoms with Crippen LogP contribution in [-0.4, -0.2) is 29.0 Å². The first-order chi connectivity index (χ1) is 12.8. The molecule has 1 fully saturated rings. The number of piperidine rings is 1. The van der Waals surface area contributed by atoms with Crippen molar-refractivity contribution >= 4 is 34.4 Å². The van der Waals surface area contributed by atoms with Crippen LogP contribution in [0.4, 0.5) is 5.82 Å². The van der Waals surface area contributed by atoms with Gasteiger partial charge >= 0.3 is 0 Å². The van der Waals surface area contributed by atoms with E-state index in [-0.39, 0.29) is 5.91 Å². The second-order valence-corrected chi connectivity index (χ2v) is 7.94. The van der Waals surface area contributed by atoms with Crippen molar-refractivity contribution in [3.05, 3.63) is 51.8 Å². The van der Waals surface area contributed by atoms with Gasteiger partial charge in [0.1, 0.15) is 16.5 Å². The zero-order valence-electron chi connectivity index (χ0n) is 14.4. The molecule has 5 nitrogen and oxygen atoms in total. The largest absolute Gasteiger partial charge is 0.357 e. The fraction of sp³-hybridized carbons (Fsp3) is 0.316. The highest BCUT2D eigenvalue weighted by molar-refractivity contribution is 7.14. The third-order valence-corrected chi connectivity index (χ3v) is 6.02. The maximum atomic E-state index is 12.4. The van der Waals surface area contributed by atoms with Crippen LogP contribution in [0.1, 0.15) is 35.3 Å². The summed E-state index contributed by atoms with van der Waals surface area (Å²) in [6.45, 7) is 2.60. The van der Waals surface area contributed by atoms with Crippen LogP contribution in [0.3, 0.4) is 0 Å². The molecule has 3 aromatic heterocycles. The number of thiophene rings is 1. The quantitative estimate of drug-likeness (QED) is 0.717. The van der Waals surface area contributed by atoms with Crippen molar-refractivity contribution in [2.24, 2.45) is 0 Å². The molecule has 26 heavy (non-hydrogen) atoms. The number of hydrogen-bond acceptors (Lipinski definition) is 6. The van der Waals surface area contributed by atoms with E-state index in [1.807, 2.05) is 34.5 Å². The summed E-state index contributed by atoms with van der Waals surface area (Å²) in [5.41, 5.74) is 2.60. The van der Waals surface area contributed by atoms with Crippen molar-refractivity contribution in [3.8, 4) is 10.6 Å². The van der Waals surface area contributed by atoms with Crippen LogP contribution in [0.5, 0.6) is 0 Å². The molecular weight excluding hydrogens is 364 g/mol. The summed E-state index contributed by atoms with van der Waals surface area (Å²) in [5, 5.41) is 9.72. The molecule has 0 saturated carbocycles. The standard InChI is InChI=1S/C19H20N4OS2/c24-18(16-13-26-19(22-16)15-5-9-25-12-15)21-11-14-4-6-20-17(10-14)23-7-2-1-3-8-23/h4-6,9-10,12-13H,1-3,7-8,11H2,(H,21,24). The van der Waals surface area contributed by atoms with Gasteiger partial charge in [0.15, 0.2) is 0 Å². The fourth-order valence-electron chi connectivity index (χ4n) is 3.04. The monoisotopic (exact) mass is 384 g/mol. The van der Waals surface area contributed by atoms with Crippen LogP contribution in [0, 0.1) is 0 Å². The first kappa shape index (κ1) is 17.2. The summed E-state index contributed by atoms with van der Waals surface area (Å²) in [4.78, 5) is 23.7. The van der Waals surface area contributed by atoms with Gasteiger partial charge in [-0.25, -0.2) is 9.97 Å². The molecule has 1 amide bonds. The molecule has 0 spiro atoms. The fourth-order valence-corrected chi connectivity index (χ4v) is 4.55. The van der Waals surface area contributed by atoms with E-state index in [4.69, 9.17) is 0 Å². The average molecular weight is 385 g/mol. The topological polar surface area (TPSA) is 58.1 Å². The minimum absolute atomic E-state index is 0.140. The van der Waals surface area contributed by atoms with Crippen molar-refractivity contribution in [3.63, 3.8) is 0 Å². The van der Waals surface area contributed by atoms with Gasteiger partial charge in [0, 0.05) is 42.2 Å². The normalized spacial score (nSPS) is 14.4. The minimum atomic E-state index is -0.140. The van der Waals surface area contributed by atoms with Crippen LogP contribution in [-0.2, 0) is 6.54 Å². The molecule has 1 saturated heterocycles. The van der Waals surface area contributed by atoms with Crippen LogP contribution >= 0.6 is 22.7 Å². The molecule has 1 N–H and O–H groups in total. The van der Waals surface area contributed by atoms with Crippen molar-refractivity contribution in [2.45, 2.75) is 25.8 Å². The van der Waals surface area contributed by atoms with Crippen LogP contribution in [0.25, 0.3) is 10.6 Å². The smallest absolute Gasteiger partial charge is 0.271 e. The number of anilines is 1. The van der Waals surface area contributed by atoms with Gasteiger partial charge in [-0.3, -0.25) is 4.79 Å². The molecule has 0 bridgehead atoms. The number of pyridine rings is 1. The van der Waals surface area contributed by atoms with E-state index in [1.54, 1.807) is 11.3 Å². The van der Waals surface area contributed by atoms with Gasteiger partial charge in [-0.15, -0.1) is 11.3 Å². The van der Waals surface area contributed by atoms with Gasteiger partial charge in [0.2, 0.25) is 0 Å². The number of amides is 1. The second kappa shape index (κ2) is 7.97. The van der Waals surface area contributed by atoms with Gasteiger partial charge < -0.3 is 10.2 Å². The first-order valence-corrected chi connectivity index (χ1v) is 10.6. The van der Waals surface area contributed by atoms with Gasteiger partial charge in [-0.2, -0.15) is 11.3 Å². The predicted octanol–water partition coefficient (Wildman–Crippen LogP) is 4.19. The molecule has 0 aliphatic carbocycles. The zero-order valence-corrected chi connectivity index (χ0v) is 16.0. The summed E-state index contributed by atoms with van der Waals surface area (Å²) in [6, 6.07) is 6.04. The van der Waals surface area contributed by atoms with E-state index in [1.165, 1.54) is 30.6 Å². The van der Waals surface area contributed by atoms with Crippen LogP contribution in [0.15, 0.2) is 40.5 Å². The molecule has 0 atom stereocenters. The lowest BCUT2D eigenvalue weighted by molar-refractivity contribution is 0.0946. The molecule has 3 aromatic rings. The minimum Gasteiger partial charge on any atom is -0.357 e. The molecule has 4 rings (SSSR count). The SMILES string of the molecule is O=C(NCc1ccnc(N2CCCCC2)c1)c1csc(-c2ccsc2)n1. The Hall–Kier alpha value is -2.25. The first-order valence-electron chi connectivity index (χ1n) is 8.76. The number of thiazole rings is 1. The highest BCUT2D eigenvalue weighted by Gasteiger charge is 2.14. The summed E-state index contributed by atoms with van der Waals surface area (Å²) in [6.07, 6.45) is 5.56. The molecular formula is C19H20N4OS2. The molecule has 1 aliphatic rings. The Morgan fingerprint density at radius 3 is 2.88 bits per heavy atom. The zero-order chi connectivity index (χ0) is 17.8. The van der Waals surface area contributed by atoms with Crippen molar-refractivity contribution in [1.82, 2.24) is 15.3 Å². The van der Waals surface area contributed by atoms with E-state index < -0.39 is 0 Å². The molecule has 0 unspecified atom stereocenters. The molecule has 4 heterocycles. The summed E-state index contributed by atoms with van der Waals surface area (Å²) < 4.78 is 0. The lowest BCUT2D eigenvalue weighted by atomic mass is 10.1. The van der Waals surface area contributed by atoms with E-state index in [0.717, 1.165) is 35.0 Å². The molecule has 134 valence electrons. The van der Waals surface area contributed by atoms with Gasteiger partial charge in [-0.05, 0) is 48.4 Å². The number of hydrogen-bond donors (Lipinski definition) is 1. The highest BCUT2D eigenvalue weighted by Crippen LogP contribution is 2.25. The number of carbonyl (C=O) groups excluding carboxylic acids is 1. The van der Waals surface area contributed by atoms with E-state index in [2.05, 4.69) is 26.3 Å². The van der Waals surface area contributed by atoms with Crippen molar-refractivity contribution in [2.75, 3.05) is 18.0 Å². The number of aromatic nitrogens is 2. The Morgan fingerprint density at radius 1 is 1.19 bits per heavy atom. The van der Waals surface area contributed by atoms with Crippen molar-refractivity contribution < 1.29 is 4.79 Å². The number of nitrogens with one attached hydrogen (secondary N) is 1. The van der Waals surface area contributed by atoms with Gasteiger partial charge in [0.05, 0.1) is 0 Å². The summed E-state index contributed by atoms with van der Waals surface area (Å²) in [7, 11) is 0.